The maximum absolute atomic E-state index is 9.86. The van der Waals surface area contributed by atoms with Crippen LogP contribution >= 0.6 is 0 Å². The van der Waals surface area contributed by atoms with Crippen LogP contribution in [0.3, 0.4) is 0 Å². The van der Waals surface area contributed by atoms with Crippen molar-refractivity contribution in [1.82, 2.24) is 4.90 Å². The predicted octanol–water partition coefficient (Wildman–Crippen LogP) is 5.98. The highest BCUT2D eigenvalue weighted by Crippen LogP contribution is 2.42. The molecular weight excluding hydrogens is 398 g/mol. The molecule has 1 aliphatic carbocycles. The lowest BCUT2D eigenvalue weighted by Crippen LogP contribution is -2.30. The summed E-state index contributed by atoms with van der Waals surface area (Å²) in [5.74, 6) is 2.06. The van der Waals surface area contributed by atoms with E-state index in [1.165, 1.54) is 22.3 Å². The maximum atomic E-state index is 9.86. The molecule has 0 spiro atoms. The Morgan fingerprint density at radius 3 is 2.19 bits per heavy atom. The van der Waals surface area contributed by atoms with Gasteiger partial charge < -0.3 is 14.6 Å². The maximum Gasteiger partial charge on any atom is 0.149 e. The molecule has 4 nitrogen and oxygen atoms in total. The average molecular weight is 430 g/mol. The SMILES string of the molecule is COc1cccc2c1CCCC2=C(c1ccc(O)cc1)c1ccc(OC(C)N(C)C)cc1. The van der Waals surface area contributed by atoms with E-state index >= 15 is 0 Å². The number of hydrogen-bond acceptors (Lipinski definition) is 4. The molecule has 1 atom stereocenters. The van der Waals surface area contributed by atoms with E-state index in [1.807, 2.05) is 56.3 Å². The molecule has 4 rings (SSSR count). The summed E-state index contributed by atoms with van der Waals surface area (Å²) >= 11 is 0. The first-order valence-corrected chi connectivity index (χ1v) is 11.1. The van der Waals surface area contributed by atoms with Gasteiger partial charge in [-0.1, -0.05) is 36.4 Å². The number of ether oxygens (including phenoxy) is 2. The number of allylic oxidation sites excluding steroid dienone is 1. The zero-order valence-corrected chi connectivity index (χ0v) is 19.3. The van der Waals surface area contributed by atoms with E-state index in [0.717, 1.165) is 41.9 Å². The normalized spacial score (nSPS) is 15.8. The second-order valence-corrected chi connectivity index (χ2v) is 8.45. The van der Waals surface area contributed by atoms with Crippen molar-refractivity contribution in [1.29, 1.82) is 0 Å². The van der Waals surface area contributed by atoms with Crippen LogP contribution in [0.5, 0.6) is 17.2 Å². The first-order valence-electron chi connectivity index (χ1n) is 11.1. The largest absolute Gasteiger partial charge is 0.508 e. The van der Waals surface area contributed by atoms with Gasteiger partial charge in [0, 0.05) is 5.56 Å². The molecule has 0 saturated heterocycles. The van der Waals surface area contributed by atoms with Crippen molar-refractivity contribution >= 4 is 11.1 Å². The molecule has 0 amide bonds. The third-order valence-corrected chi connectivity index (χ3v) is 6.17. The van der Waals surface area contributed by atoms with Crippen LogP contribution in [0.2, 0.25) is 0 Å². The zero-order valence-electron chi connectivity index (χ0n) is 19.3. The molecular formula is C28H31NO3. The Morgan fingerprint density at radius 2 is 1.56 bits per heavy atom. The summed E-state index contributed by atoms with van der Waals surface area (Å²) in [5, 5.41) is 9.86. The van der Waals surface area contributed by atoms with Gasteiger partial charge in [0.15, 0.2) is 0 Å². The third kappa shape index (κ3) is 4.51. The van der Waals surface area contributed by atoms with Crippen molar-refractivity contribution in [2.45, 2.75) is 32.4 Å². The standard InChI is InChI=1S/C28H31NO3/c1-19(29(2)3)32-23-17-13-21(14-18-23)28(20-11-15-22(30)16-12-20)26-9-5-8-25-24(26)7-6-10-27(25)31-4/h6-7,10-19,30H,5,8-9H2,1-4H3. The van der Waals surface area contributed by atoms with E-state index in [4.69, 9.17) is 9.47 Å². The van der Waals surface area contributed by atoms with Crippen molar-refractivity contribution in [3.8, 4) is 17.2 Å². The molecule has 1 N–H and O–H groups in total. The number of phenolic OH excluding ortho intramolecular Hbond substituents is 1. The van der Waals surface area contributed by atoms with Crippen LogP contribution in [0.25, 0.3) is 11.1 Å². The Labute approximate surface area is 190 Å². The van der Waals surface area contributed by atoms with E-state index < -0.39 is 0 Å². The minimum Gasteiger partial charge on any atom is -0.508 e. The van der Waals surface area contributed by atoms with E-state index in [9.17, 15) is 5.11 Å². The van der Waals surface area contributed by atoms with Crippen molar-refractivity contribution in [2.24, 2.45) is 0 Å². The number of nitrogens with zero attached hydrogens (tertiary/aromatic N) is 1. The van der Waals surface area contributed by atoms with Gasteiger partial charge in [0.25, 0.3) is 0 Å². The van der Waals surface area contributed by atoms with Gasteiger partial charge in [-0.05, 0) is 98.4 Å². The van der Waals surface area contributed by atoms with Crippen molar-refractivity contribution in [3.63, 3.8) is 0 Å². The van der Waals surface area contributed by atoms with Gasteiger partial charge in [0.2, 0.25) is 0 Å². The molecule has 0 bridgehead atoms. The molecule has 1 aliphatic rings. The number of phenols is 1. The van der Waals surface area contributed by atoms with Gasteiger partial charge in [-0.3, -0.25) is 4.90 Å². The summed E-state index contributed by atoms with van der Waals surface area (Å²) in [6.07, 6.45) is 3.08. The molecule has 0 fully saturated rings. The Kier molecular flexibility index (Phi) is 6.52. The number of benzene rings is 3. The van der Waals surface area contributed by atoms with Gasteiger partial charge in [0.1, 0.15) is 23.5 Å². The van der Waals surface area contributed by atoms with Crippen LogP contribution in [-0.2, 0) is 6.42 Å². The topological polar surface area (TPSA) is 41.9 Å². The summed E-state index contributed by atoms with van der Waals surface area (Å²) in [4.78, 5) is 2.03. The summed E-state index contributed by atoms with van der Waals surface area (Å²) in [6, 6.07) is 22.1. The Balaban J connectivity index is 1.84. The molecule has 32 heavy (non-hydrogen) atoms. The molecule has 0 aromatic heterocycles. The van der Waals surface area contributed by atoms with Crippen LogP contribution in [0, 0.1) is 0 Å². The monoisotopic (exact) mass is 429 g/mol. The van der Waals surface area contributed by atoms with Gasteiger partial charge >= 0.3 is 0 Å². The fourth-order valence-corrected chi connectivity index (χ4v) is 4.28. The second kappa shape index (κ2) is 9.49. The molecule has 166 valence electrons. The first kappa shape index (κ1) is 22.0. The summed E-state index contributed by atoms with van der Waals surface area (Å²) in [5.41, 5.74) is 7.24. The number of methoxy groups -OCH3 is 1. The molecule has 0 radical (unpaired) electrons. The minimum atomic E-state index is -0.00606. The average Bonchev–Trinajstić information content (AvgIpc) is 2.81. The van der Waals surface area contributed by atoms with Crippen LogP contribution in [-0.4, -0.2) is 37.4 Å². The minimum absolute atomic E-state index is 0.00606. The second-order valence-electron chi connectivity index (χ2n) is 8.45. The van der Waals surface area contributed by atoms with E-state index in [0.29, 0.717) is 0 Å². The smallest absolute Gasteiger partial charge is 0.149 e. The number of rotatable bonds is 6. The lowest BCUT2D eigenvalue weighted by atomic mass is 9.80. The number of hydrogen-bond donors (Lipinski definition) is 1. The van der Waals surface area contributed by atoms with E-state index in [1.54, 1.807) is 19.2 Å². The van der Waals surface area contributed by atoms with Crippen LogP contribution in [0.4, 0.5) is 0 Å². The molecule has 4 heteroatoms. The van der Waals surface area contributed by atoms with Crippen molar-refractivity contribution in [3.05, 3.63) is 89.0 Å². The highest BCUT2D eigenvalue weighted by Gasteiger charge is 2.22. The molecule has 0 aliphatic heterocycles. The van der Waals surface area contributed by atoms with Crippen LogP contribution in [0.1, 0.15) is 42.0 Å². The third-order valence-electron chi connectivity index (χ3n) is 6.17. The fourth-order valence-electron chi connectivity index (χ4n) is 4.28. The summed E-state index contributed by atoms with van der Waals surface area (Å²) in [7, 11) is 5.74. The molecule has 0 saturated carbocycles. The van der Waals surface area contributed by atoms with Crippen molar-refractivity contribution < 1.29 is 14.6 Å². The molecule has 0 heterocycles. The van der Waals surface area contributed by atoms with E-state index in [2.05, 4.69) is 24.3 Å². The summed E-state index contributed by atoms with van der Waals surface area (Å²) < 4.78 is 11.7. The van der Waals surface area contributed by atoms with Gasteiger partial charge in [-0.2, -0.15) is 0 Å². The lowest BCUT2D eigenvalue weighted by Gasteiger charge is -2.25. The molecule has 1 unspecified atom stereocenters. The number of fused-ring (bicyclic) bond motifs is 1. The molecule has 3 aromatic carbocycles. The first-order chi connectivity index (χ1) is 15.5. The highest BCUT2D eigenvalue weighted by molar-refractivity contribution is 6.00. The van der Waals surface area contributed by atoms with Gasteiger partial charge in [-0.25, -0.2) is 0 Å². The fraction of sp³-hybridized carbons (Fsp3) is 0.286. The zero-order chi connectivity index (χ0) is 22.7. The van der Waals surface area contributed by atoms with Gasteiger partial charge in [0.05, 0.1) is 7.11 Å². The Hall–Kier alpha value is -3.24. The lowest BCUT2D eigenvalue weighted by molar-refractivity contribution is 0.0815. The van der Waals surface area contributed by atoms with Crippen LogP contribution in [0.15, 0.2) is 66.7 Å². The predicted molar refractivity (Wildman–Crippen MR) is 130 cm³/mol. The Bertz CT molecular complexity index is 1100. The van der Waals surface area contributed by atoms with E-state index in [-0.39, 0.29) is 12.0 Å². The van der Waals surface area contributed by atoms with Gasteiger partial charge in [-0.15, -0.1) is 0 Å². The Morgan fingerprint density at radius 1 is 0.906 bits per heavy atom. The summed E-state index contributed by atoms with van der Waals surface area (Å²) in [6.45, 7) is 2.03. The van der Waals surface area contributed by atoms with Crippen molar-refractivity contribution in [2.75, 3.05) is 21.2 Å². The quantitative estimate of drug-likeness (QED) is 0.489. The molecule has 3 aromatic rings. The van der Waals surface area contributed by atoms with Crippen LogP contribution < -0.4 is 9.47 Å². The number of aromatic hydroxyl groups is 1. The highest BCUT2D eigenvalue weighted by atomic mass is 16.5.